The number of para-hydroxylation sites is 4. The van der Waals surface area contributed by atoms with E-state index >= 15 is 4.39 Å². The summed E-state index contributed by atoms with van der Waals surface area (Å²) in [6.45, 7) is 5.01. The van der Waals surface area contributed by atoms with Crippen LogP contribution in [0.2, 0.25) is 13.1 Å². The quantitative estimate of drug-likeness (QED) is 0.106. The van der Waals surface area contributed by atoms with Crippen molar-refractivity contribution in [3.63, 3.8) is 0 Å². The highest BCUT2D eigenvalue weighted by Crippen LogP contribution is 2.52. The lowest BCUT2D eigenvalue weighted by Gasteiger charge is -2.36. The molecule has 0 spiro atoms. The van der Waals surface area contributed by atoms with E-state index in [0.29, 0.717) is 5.69 Å². The van der Waals surface area contributed by atoms with Gasteiger partial charge in [-0.25, -0.2) is 4.39 Å². The minimum Gasteiger partial charge on any atom is -0.454 e. The summed E-state index contributed by atoms with van der Waals surface area (Å²) < 4.78 is 25.0. The van der Waals surface area contributed by atoms with Crippen LogP contribution in [0.1, 0.15) is 0 Å². The average molecular weight is 1030 g/mol. The molecule has 14 aromatic rings. The van der Waals surface area contributed by atoms with Gasteiger partial charge in [0.1, 0.15) is 19.5 Å². The van der Waals surface area contributed by atoms with Crippen LogP contribution in [0.5, 0.6) is 0 Å². The zero-order chi connectivity index (χ0) is 52.8. The Balaban J connectivity index is 0.986. The molecule has 1 aliphatic rings. The smallest absolute Gasteiger partial charge is 0.159 e. The Labute approximate surface area is 459 Å². The van der Waals surface area contributed by atoms with Gasteiger partial charge in [-0.05, 0) is 137 Å². The third-order valence-corrected chi connectivity index (χ3v) is 20.0. The fourth-order valence-electron chi connectivity index (χ4n) is 12.8. The molecule has 79 heavy (non-hydrogen) atoms. The number of nitrogens with zero attached hydrogens (tertiary/aromatic N) is 2. The van der Waals surface area contributed by atoms with E-state index in [2.05, 4.69) is 241 Å². The number of hydrogen-bond donors (Lipinski definition) is 0. The maximum atomic E-state index is 18.3. The summed E-state index contributed by atoms with van der Waals surface area (Å²) in [6.07, 6.45) is 0. The van der Waals surface area contributed by atoms with E-state index in [1.807, 2.05) is 48.5 Å². The minimum atomic E-state index is -2.44. The Hall–Kier alpha value is -9.81. The zero-order valence-electron chi connectivity index (χ0n) is 43.7. The molecule has 0 bridgehead atoms. The van der Waals surface area contributed by atoms with Gasteiger partial charge < -0.3 is 14.2 Å². The highest BCUT2D eigenvalue weighted by Gasteiger charge is 2.37. The van der Waals surface area contributed by atoms with E-state index < -0.39 is 8.07 Å². The number of furan rings is 1. The van der Waals surface area contributed by atoms with Crippen LogP contribution in [0.3, 0.4) is 0 Å². The summed E-state index contributed by atoms with van der Waals surface area (Å²) >= 11 is 0. The van der Waals surface area contributed by atoms with E-state index in [1.165, 1.54) is 32.3 Å². The van der Waals surface area contributed by atoms with Gasteiger partial charge in [-0.2, -0.15) is 0 Å². The van der Waals surface area contributed by atoms with Gasteiger partial charge in [0.05, 0.1) is 22.7 Å². The van der Waals surface area contributed by atoms with Gasteiger partial charge >= 0.3 is 0 Å². The van der Waals surface area contributed by atoms with Crippen LogP contribution in [0, 0.1) is 5.82 Å². The lowest BCUT2D eigenvalue weighted by atomic mass is 9.89. The molecule has 0 fully saturated rings. The second kappa shape index (κ2) is 18.4. The molecular formula is C74H51FN2OSi. The molecule has 374 valence electrons. The Morgan fingerprint density at radius 3 is 1.67 bits per heavy atom. The van der Waals surface area contributed by atoms with Gasteiger partial charge in [0.25, 0.3) is 0 Å². The third-order valence-electron chi connectivity index (χ3n) is 16.5. The average Bonchev–Trinajstić information content (AvgIpc) is 3.91. The summed E-state index contributed by atoms with van der Waals surface area (Å²) in [5.41, 5.74) is 15.2. The molecule has 0 radical (unpaired) electrons. The summed E-state index contributed by atoms with van der Waals surface area (Å²) in [5.74, 6) is -0.312. The van der Waals surface area contributed by atoms with E-state index in [0.717, 1.165) is 105 Å². The Bertz CT molecular complexity index is 4710. The second-order valence-electron chi connectivity index (χ2n) is 21.3. The lowest BCUT2D eigenvalue weighted by molar-refractivity contribution is 0.630. The van der Waals surface area contributed by atoms with E-state index in [9.17, 15) is 0 Å². The molecule has 1 aliphatic heterocycles. The molecule has 0 unspecified atom stereocenters. The molecule has 1 aromatic heterocycles. The van der Waals surface area contributed by atoms with Crippen molar-refractivity contribution in [1.82, 2.24) is 0 Å². The van der Waals surface area contributed by atoms with Crippen molar-refractivity contribution in [2.45, 2.75) is 13.1 Å². The molecule has 2 heterocycles. The fraction of sp³-hybridized carbons (Fsp3) is 0.0270. The van der Waals surface area contributed by atoms with Crippen molar-refractivity contribution in [2.24, 2.45) is 0 Å². The molecule has 0 atom stereocenters. The summed E-state index contributed by atoms with van der Waals surface area (Å²) in [4.78, 5) is 4.58. The van der Waals surface area contributed by atoms with Crippen LogP contribution in [-0.4, -0.2) is 8.07 Å². The number of hydrogen-bond acceptors (Lipinski definition) is 3. The molecule has 0 saturated heterocycles. The number of benzene rings is 13. The third kappa shape index (κ3) is 7.45. The van der Waals surface area contributed by atoms with Crippen LogP contribution >= 0.6 is 0 Å². The van der Waals surface area contributed by atoms with E-state index in [1.54, 1.807) is 6.07 Å². The van der Waals surface area contributed by atoms with Crippen LogP contribution in [0.4, 0.5) is 38.5 Å². The maximum absolute atomic E-state index is 18.3. The van der Waals surface area contributed by atoms with Crippen molar-refractivity contribution >= 4 is 107 Å². The largest absolute Gasteiger partial charge is 0.454 e. The standard InChI is InChI=1S/C74H51FN2OSi/c1-79(2)70-40-22-35-59-63-47-68(77(66-37-19-17-31-54(66)49-25-9-4-10-26-49)73-61(50-27-11-5-12-28-50)43-51(44-65(73)75)48-23-7-3-8-24-48)56-33-16-15-32-55(56)62(63)46-64(72(59)70)58-42-41-53(45-71(58)79)76(52-29-13-6-14-30-52)67-38-21-36-60-57-34-18-20-39-69(57)78-74(60)67/h3-47H,1-2H3. The van der Waals surface area contributed by atoms with Gasteiger partial charge in [0.2, 0.25) is 0 Å². The van der Waals surface area contributed by atoms with Gasteiger partial charge in [-0.3, -0.25) is 0 Å². The van der Waals surface area contributed by atoms with Crippen LogP contribution in [0.15, 0.2) is 277 Å². The Morgan fingerprint density at radius 1 is 0.329 bits per heavy atom. The molecule has 13 aromatic carbocycles. The van der Waals surface area contributed by atoms with Crippen LogP contribution in [0.25, 0.3) is 98.8 Å². The van der Waals surface area contributed by atoms with Crippen LogP contribution in [-0.2, 0) is 0 Å². The van der Waals surface area contributed by atoms with Crippen molar-refractivity contribution in [2.75, 3.05) is 9.80 Å². The van der Waals surface area contributed by atoms with E-state index in [-0.39, 0.29) is 5.82 Å². The van der Waals surface area contributed by atoms with Gasteiger partial charge in [-0.15, -0.1) is 0 Å². The monoisotopic (exact) mass is 1030 g/mol. The maximum Gasteiger partial charge on any atom is 0.159 e. The predicted octanol–water partition coefficient (Wildman–Crippen LogP) is 19.9. The van der Waals surface area contributed by atoms with Crippen molar-refractivity contribution < 1.29 is 8.81 Å². The van der Waals surface area contributed by atoms with E-state index in [4.69, 9.17) is 4.42 Å². The molecular weight excluding hydrogens is 980 g/mol. The molecule has 0 amide bonds. The highest BCUT2D eigenvalue weighted by atomic mass is 28.3. The normalized spacial score (nSPS) is 12.6. The minimum absolute atomic E-state index is 0.312. The number of halogens is 1. The molecule has 0 saturated carbocycles. The predicted molar refractivity (Wildman–Crippen MR) is 334 cm³/mol. The van der Waals surface area contributed by atoms with Crippen molar-refractivity contribution in [3.8, 4) is 44.5 Å². The van der Waals surface area contributed by atoms with Crippen molar-refractivity contribution in [3.05, 3.63) is 279 Å². The molecule has 15 rings (SSSR count). The molecule has 0 aliphatic carbocycles. The van der Waals surface area contributed by atoms with Crippen LogP contribution < -0.4 is 20.2 Å². The topological polar surface area (TPSA) is 19.6 Å². The SMILES string of the molecule is C[Si]1(C)c2cc(N(c3ccccc3)c3cccc4c3oc3ccccc34)ccc2-c2cc3c4ccccc4c(N(c4ccccc4-c4ccccc4)c4c(F)cc(-c5ccccc5)cc4-c4ccccc4)cc3c3cccc1c23. The summed E-state index contributed by atoms with van der Waals surface area (Å²) in [6, 6.07) is 96.3. The molecule has 0 N–H and O–H groups in total. The second-order valence-corrected chi connectivity index (χ2v) is 25.6. The van der Waals surface area contributed by atoms with Crippen molar-refractivity contribution in [1.29, 1.82) is 0 Å². The number of rotatable bonds is 9. The summed E-state index contributed by atoms with van der Waals surface area (Å²) in [7, 11) is -2.44. The highest BCUT2D eigenvalue weighted by molar-refractivity contribution is 7.03. The van der Waals surface area contributed by atoms with Gasteiger partial charge in [0.15, 0.2) is 5.58 Å². The zero-order valence-corrected chi connectivity index (χ0v) is 44.7. The van der Waals surface area contributed by atoms with Gasteiger partial charge in [0, 0.05) is 38.7 Å². The first kappa shape index (κ1) is 46.5. The first-order valence-electron chi connectivity index (χ1n) is 27.1. The lowest BCUT2D eigenvalue weighted by Crippen LogP contribution is -2.56. The fourth-order valence-corrected chi connectivity index (χ4v) is 15.9. The first-order chi connectivity index (χ1) is 38.9. The number of anilines is 6. The first-order valence-corrected chi connectivity index (χ1v) is 30.1. The Kier molecular flexibility index (Phi) is 10.9. The number of fused-ring (bicyclic) bond motifs is 9. The Morgan fingerprint density at radius 2 is 0.911 bits per heavy atom. The summed E-state index contributed by atoms with van der Waals surface area (Å²) in [5, 5.41) is 11.8. The molecule has 5 heteroatoms. The van der Waals surface area contributed by atoms with Gasteiger partial charge in [-0.1, -0.05) is 219 Å². The molecule has 3 nitrogen and oxygen atoms in total.